The highest BCUT2D eigenvalue weighted by molar-refractivity contribution is 5.51. The van der Waals surface area contributed by atoms with Gasteiger partial charge in [0.1, 0.15) is 0 Å². The van der Waals surface area contributed by atoms with E-state index in [0.29, 0.717) is 6.54 Å². The summed E-state index contributed by atoms with van der Waals surface area (Å²) in [6, 6.07) is 0. The molecule has 5 heteroatoms. The molecule has 0 amide bonds. The van der Waals surface area contributed by atoms with E-state index in [-0.39, 0.29) is 0 Å². The second kappa shape index (κ2) is 5.66. The van der Waals surface area contributed by atoms with Gasteiger partial charge < -0.3 is 10.6 Å². The van der Waals surface area contributed by atoms with Crippen LogP contribution in [0.3, 0.4) is 0 Å². The van der Waals surface area contributed by atoms with Crippen molar-refractivity contribution in [3.63, 3.8) is 0 Å². The van der Waals surface area contributed by atoms with Gasteiger partial charge >= 0.3 is 0 Å². The van der Waals surface area contributed by atoms with Crippen LogP contribution in [0.2, 0.25) is 0 Å². The van der Waals surface area contributed by atoms with Crippen molar-refractivity contribution in [1.82, 2.24) is 15.1 Å². The van der Waals surface area contributed by atoms with Gasteiger partial charge in [-0.2, -0.15) is 5.10 Å². The first-order valence-corrected chi connectivity index (χ1v) is 7.69. The lowest BCUT2D eigenvalue weighted by Gasteiger charge is -2.36. The van der Waals surface area contributed by atoms with Crippen LogP contribution in [0, 0.1) is 19.8 Å². The fourth-order valence-electron chi connectivity index (χ4n) is 2.95. The Hall–Kier alpha value is -1.20. The van der Waals surface area contributed by atoms with Crippen molar-refractivity contribution in [3.05, 3.63) is 16.8 Å². The lowest BCUT2D eigenvalue weighted by Crippen LogP contribution is -2.47. The normalized spacial score (nSPS) is 20.4. The lowest BCUT2D eigenvalue weighted by molar-refractivity contribution is 0.247. The van der Waals surface area contributed by atoms with Gasteiger partial charge in [-0.25, -0.2) is 0 Å². The molecule has 110 valence electrons. The molecule has 0 atom stereocenters. The fraction of sp³-hybridized carbons (Fsp3) is 0.733. The van der Waals surface area contributed by atoms with Gasteiger partial charge in [-0.15, -0.1) is 5.10 Å². The van der Waals surface area contributed by atoms with E-state index < -0.39 is 0 Å². The molecule has 1 saturated heterocycles. The molecule has 2 aliphatic rings. The second-order valence-electron chi connectivity index (χ2n) is 6.15. The van der Waals surface area contributed by atoms with Gasteiger partial charge in [-0.1, -0.05) is 0 Å². The van der Waals surface area contributed by atoms with Crippen LogP contribution < -0.4 is 10.6 Å². The molecular formula is C15H25N5. The SMILES string of the molecule is Cc1nnc(N2CCN(CC3CC3)CC2)c(CN)c1C. The molecule has 20 heavy (non-hydrogen) atoms. The molecule has 0 bridgehead atoms. The average Bonchev–Trinajstić information content (AvgIpc) is 3.27. The molecule has 1 aromatic heterocycles. The molecule has 3 rings (SSSR count). The van der Waals surface area contributed by atoms with Gasteiger partial charge in [0.05, 0.1) is 5.69 Å². The summed E-state index contributed by atoms with van der Waals surface area (Å²) in [5, 5.41) is 8.69. The number of piperazine rings is 1. The molecule has 0 aromatic carbocycles. The first-order valence-electron chi connectivity index (χ1n) is 7.69. The maximum Gasteiger partial charge on any atom is 0.156 e. The summed E-state index contributed by atoms with van der Waals surface area (Å²) in [6.07, 6.45) is 2.86. The van der Waals surface area contributed by atoms with Gasteiger partial charge in [0.15, 0.2) is 5.82 Å². The standard InChI is InChI=1S/C15H25N5/c1-11-12(2)17-18-15(14(11)9-16)20-7-5-19(6-8-20)10-13-3-4-13/h13H,3-10,16H2,1-2H3. The van der Waals surface area contributed by atoms with Crippen LogP contribution in [-0.2, 0) is 6.54 Å². The fourth-order valence-corrected chi connectivity index (χ4v) is 2.95. The Bertz CT molecular complexity index is 475. The van der Waals surface area contributed by atoms with Crippen molar-refractivity contribution in [2.75, 3.05) is 37.6 Å². The Morgan fingerprint density at radius 3 is 2.40 bits per heavy atom. The van der Waals surface area contributed by atoms with E-state index in [9.17, 15) is 0 Å². The highest BCUT2D eigenvalue weighted by Gasteiger charge is 2.27. The van der Waals surface area contributed by atoms with Gasteiger partial charge in [0, 0.05) is 44.8 Å². The van der Waals surface area contributed by atoms with Gasteiger partial charge in [0.25, 0.3) is 0 Å². The molecule has 1 aromatic rings. The average molecular weight is 275 g/mol. The number of anilines is 1. The number of hydrogen-bond acceptors (Lipinski definition) is 5. The Balaban J connectivity index is 1.69. The minimum absolute atomic E-state index is 0.541. The highest BCUT2D eigenvalue weighted by Crippen LogP contribution is 2.30. The molecule has 0 radical (unpaired) electrons. The Kier molecular flexibility index (Phi) is 3.89. The third-order valence-electron chi connectivity index (χ3n) is 4.65. The Labute approximate surface area is 121 Å². The molecule has 0 unspecified atom stereocenters. The number of aryl methyl sites for hydroxylation is 1. The van der Waals surface area contributed by atoms with Crippen molar-refractivity contribution < 1.29 is 0 Å². The van der Waals surface area contributed by atoms with E-state index in [1.54, 1.807) is 0 Å². The summed E-state index contributed by atoms with van der Waals surface area (Å²) in [4.78, 5) is 4.94. The zero-order chi connectivity index (χ0) is 14.1. The topological polar surface area (TPSA) is 58.3 Å². The molecule has 1 aliphatic heterocycles. The summed E-state index contributed by atoms with van der Waals surface area (Å²) >= 11 is 0. The summed E-state index contributed by atoms with van der Waals surface area (Å²) < 4.78 is 0. The summed E-state index contributed by atoms with van der Waals surface area (Å²) in [7, 11) is 0. The van der Waals surface area contributed by atoms with Crippen molar-refractivity contribution in [2.45, 2.75) is 33.2 Å². The van der Waals surface area contributed by atoms with E-state index in [0.717, 1.165) is 49.2 Å². The number of hydrogen-bond donors (Lipinski definition) is 1. The van der Waals surface area contributed by atoms with Crippen LogP contribution in [-0.4, -0.2) is 47.8 Å². The van der Waals surface area contributed by atoms with Crippen LogP contribution >= 0.6 is 0 Å². The molecule has 0 spiro atoms. The first kappa shape index (κ1) is 13.8. The number of nitrogens with two attached hydrogens (primary N) is 1. The number of nitrogens with zero attached hydrogens (tertiary/aromatic N) is 4. The van der Waals surface area contributed by atoms with Crippen LogP contribution in [0.1, 0.15) is 29.7 Å². The van der Waals surface area contributed by atoms with E-state index in [1.165, 1.54) is 24.9 Å². The highest BCUT2D eigenvalue weighted by atomic mass is 15.3. The maximum absolute atomic E-state index is 5.92. The van der Waals surface area contributed by atoms with Gasteiger partial charge in [-0.3, -0.25) is 4.90 Å². The monoisotopic (exact) mass is 275 g/mol. The minimum Gasteiger partial charge on any atom is -0.352 e. The van der Waals surface area contributed by atoms with Crippen molar-refractivity contribution in [1.29, 1.82) is 0 Å². The van der Waals surface area contributed by atoms with E-state index in [2.05, 4.69) is 26.9 Å². The predicted octanol–water partition coefficient (Wildman–Crippen LogP) is 1.08. The van der Waals surface area contributed by atoms with Gasteiger partial charge in [0.2, 0.25) is 0 Å². The quantitative estimate of drug-likeness (QED) is 0.891. The molecule has 1 aliphatic carbocycles. The molecular weight excluding hydrogens is 250 g/mol. The third kappa shape index (κ3) is 2.79. The van der Waals surface area contributed by atoms with Crippen LogP contribution in [0.5, 0.6) is 0 Å². The van der Waals surface area contributed by atoms with Crippen LogP contribution in [0.15, 0.2) is 0 Å². The summed E-state index contributed by atoms with van der Waals surface area (Å²) in [5.41, 5.74) is 9.26. The molecule has 2 N–H and O–H groups in total. The lowest BCUT2D eigenvalue weighted by atomic mass is 10.1. The van der Waals surface area contributed by atoms with Crippen LogP contribution in [0.4, 0.5) is 5.82 Å². The Morgan fingerprint density at radius 2 is 1.80 bits per heavy atom. The minimum atomic E-state index is 0.541. The van der Waals surface area contributed by atoms with Gasteiger partial charge in [-0.05, 0) is 38.2 Å². The zero-order valence-electron chi connectivity index (χ0n) is 12.6. The zero-order valence-corrected chi connectivity index (χ0v) is 12.6. The smallest absolute Gasteiger partial charge is 0.156 e. The largest absolute Gasteiger partial charge is 0.352 e. The Morgan fingerprint density at radius 1 is 1.10 bits per heavy atom. The van der Waals surface area contributed by atoms with Crippen molar-refractivity contribution in [3.8, 4) is 0 Å². The van der Waals surface area contributed by atoms with Crippen molar-refractivity contribution >= 4 is 5.82 Å². The second-order valence-corrected chi connectivity index (χ2v) is 6.15. The van der Waals surface area contributed by atoms with Crippen LogP contribution in [0.25, 0.3) is 0 Å². The molecule has 1 saturated carbocycles. The molecule has 5 nitrogen and oxygen atoms in total. The molecule has 2 heterocycles. The maximum atomic E-state index is 5.92. The van der Waals surface area contributed by atoms with E-state index in [1.807, 2.05) is 6.92 Å². The number of rotatable bonds is 4. The first-order chi connectivity index (χ1) is 9.69. The summed E-state index contributed by atoms with van der Waals surface area (Å²) in [6.45, 7) is 10.3. The van der Waals surface area contributed by atoms with E-state index in [4.69, 9.17) is 5.73 Å². The number of aromatic nitrogens is 2. The van der Waals surface area contributed by atoms with Crippen molar-refractivity contribution in [2.24, 2.45) is 11.7 Å². The predicted molar refractivity (Wildman–Crippen MR) is 80.8 cm³/mol. The molecule has 2 fully saturated rings. The van der Waals surface area contributed by atoms with E-state index >= 15 is 0 Å². The summed E-state index contributed by atoms with van der Waals surface area (Å²) in [5.74, 6) is 1.98. The third-order valence-corrected chi connectivity index (χ3v) is 4.65.